The lowest BCUT2D eigenvalue weighted by Gasteiger charge is -2.30. The van der Waals surface area contributed by atoms with Gasteiger partial charge in [-0.3, -0.25) is 9.88 Å². The van der Waals surface area contributed by atoms with Crippen molar-refractivity contribution in [2.75, 3.05) is 33.7 Å². The molecule has 1 N–H and O–H groups in total. The molecule has 126 valence electrons. The lowest BCUT2D eigenvalue weighted by atomic mass is 9.92. The van der Waals surface area contributed by atoms with E-state index in [9.17, 15) is 9.90 Å². The zero-order valence-corrected chi connectivity index (χ0v) is 14.2. The predicted molar refractivity (Wildman–Crippen MR) is 94.2 cm³/mol. The van der Waals surface area contributed by atoms with Crippen molar-refractivity contribution in [1.29, 1.82) is 0 Å². The molecule has 0 spiro atoms. The quantitative estimate of drug-likeness (QED) is 0.914. The standard InChI is InChI=1S/C19H23N3O2/c1-21(2)10-11-22-9-8-16-15(13-22)12-20-18(17(16)19(23)24)14-6-4-3-5-7-14/h3-7,12H,8-11,13H2,1-2H3,(H,23,24). The number of rotatable bonds is 5. The maximum atomic E-state index is 11.9. The molecule has 0 amide bonds. The number of nitrogens with zero attached hydrogens (tertiary/aromatic N) is 3. The third kappa shape index (κ3) is 3.47. The highest BCUT2D eigenvalue weighted by Crippen LogP contribution is 2.29. The van der Waals surface area contributed by atoms with Gasteiger partial charge in [-0.1, -0.05) is 30.3 Å². The Morgan fingerprint density at radius 1 is 1.29 bits per heavy atom. The number of benzene rings is 1. The van der Waals surface area contributed by atoms with E-state index >= 15 is 0 Å². The number of hydrogen-bond donors (Lipinski definition) is 1. The van der Waals surface area contributed by atoms with Crippen LogP contribution >= 0.6 is 0 Å². The van der Waals surface area contributed by atoms with Gasteiger partial charge in [-0.15, -0.1) is 0 Å². The molecular formula is C19H23N3O2. The van der Waals surface area contributed by atoms with Gasteiger partial charge >= 0.3 is 5.97 Å². The topological polar surface area (TPSA) is 56.7 Å². The van der Waals surface area contributed by atoms with Crippen molar-refractivity contribution in [3.8, 4) is 11.3 Å². The summed E-state index contributed by atoms with van der Waals surface area (Å²) >= 11 is 0. The molecule has 2 heterocycles. The molecule has 0 bridgehead atoms. The van der Waals surface area contributed by atoms with E-state index in [2.05, 4.69) is 28.9 Å². The molecule has 0 saturated carbocycles. The van der Waals surface area contributed by atoms with Gasteiger partial charge in [0.25, 0.3) is 0 Å². The van der Waals surface area contributed by atoms with Gasteiger partial charge in [0.05, 0.1) is 11.3 Å². The third-order valence-electron chi connectivity index (χ3n) is 4.47. The first-order valence-electron chi connectivity index (χ1n) is 8.23. The molecule has 0 fully saturated rings. The van der Waals surface area contributed by atoms with Crippen LogP contribution in [0.3, 0.4) is 0 Å². The van der Waals surface area contributed by atoms with Crippen LogP contribution in [0.1, 0.15) is 21.5 Å². The van der Waals surface area contributed by atoms with Gasteiger partial charge in [0, 0.05) is 37.9 Å². The summed E-state index contributed by atoms with van der Waals surface area (Å²) in [7, 11) is 4.13. The number of aromatic carboxylic acids is 1. The van der Waals surface area contributed by atoms with E-state index in [4.69, 9.17) is 0 Å². The van der Waals surface area contributed by atoms with E-state index < -0.39 is 5.97 Å². The Hall–Kier alpha value is -2.24. The van der Waals surface area contributed by atoms with Crippen molar-refractivity contribution in [2.24, 2.45) is 0 Å². The van der Waals surface area contributed by atoms with E-state index in [-0.39, 0.29) is 0 Å². The van der Waals surface area contributed by atoms with Crippen molar-refractivity contribution in [2.45, 2.75) is 13.0 Å². The first-order chi connectivity index (χ1) is 11.6. The Bertz CT molecular complexity index is 729. The predicted octanol–water partition coefficient (Wildman–Crippen LogP) is 2.37. The largest absolute Gasteiger partial charge is 0.478 e. The molecule has 0 saturated heterocycles. The minimum Gasteiger partial charge on any atom is -0.478 e. The van der Waals surface area contributed by atoms with E-state index in [1.54, 1.807) is 0 Å². The van der Waals surface area contributed by atoms with Crippen LogP contribution < -0.4 is 0 Å². The zero-order chi connectivity index (χ0) is 17.1. The van der Waals surface area contributed by atoms with Gasteiger partial charge in [0.15, 0.2) is 0 Å². The Morgan fingerprint density at radius 2 is 2.04 bits per heavy atom. The van der Waals surface area contributed by atoms with Crippen LogP contribution in [0.2, 0.25) is 0 Å². The van der Waals surface area contributed by atoms with E-state index in [1.807, 2.05) is 36.5 Å². The molecule has 0 unspecified atom stereocenters. The molecule has 1 aliphatic heterocycles. The molecule has 5 nitrogen and oxygen atoms in total. The smallest absolute Gasteiger partial charge is 0.338 e. The number of carboxylic acid groups (broad SMARTS) is 1. The maximum Gasteiger partial charge on any atom is 0.338 e. The SMILES string of the molecule is CN(C)CCN1CCc2c(cnc(-c3ccccc3)c2C(=O)O)C1. The van der Waals surface area contributed by atoms with Crippen molar-refractivity contribution in [1.82, 2.24) is 14.8 Å². The number of carboxylic acids is 1. The molecule has 0 aliphatic carbocycles. The summed E-state index contributed by atoms with van der Waals surface area (Å²) in [4.78, 5) is 20.9. The van der Waals surface area contributed by atoms with E-state index in [0.29, 0.717) is 11.3 Å². The summed E-state index contributed by atoms with van der Waals surface area (Å²) in [6, 6.07) is 9.56. The Labute approximate surface area is 142 Å². The highest BCUT2D eigenvalue weighted by Gasteiger charge is 2.25. The minimum absolute atomic E-state index is 0.367. The van der Waals surface area contributed by atoms with Crippen LogP contribution in [-0.4, -0.2) is 59.6 Å². The lowest BCUT2D eigenvalue weighted by Crippen LogP contribution is -2.36. The van der Waals surface area contributed by atoms with Gasteiger partial charge in [-0.05, 0) is 31.6 Å². The van der Waals surface area contributed by atoms with Gasteiger partial charge in [0.2, 0.25) is 0 Å². The molecule has 0 radical (unpaired) electrons. The van der Waals surface area contributed by atoms with Gasteiger partial charge in [-0.25, -0.2) is 4.79 Å². The number of likely N-dealkylation sites (N-methyl/N-ethyl adjacent to an activating group) is 1. The van der Waals surface area contributed by atoms with Gasteiger partial charge in [-0.2, -0.15) is 0 Å². The van der Waals surface area contributed by atoms with E-state index in [0.717, 1.165) is 49.3 Å². The number of fused-ring (bicyclic) bond motifs is 1. The van der Waals surface area contributed by atoms with Crippen molar-refractivity contribution in [3.63, 3.8) is 0 Å². The van der Waals surface area contributed by atoms with Crippen LogP contribution in [0, 0.1) is 0 Å². The van der Waals surface area contributed by atoms with Crippen LogP contribution in [-0.2, 0) is 13.0 Å². The Kier molecular flexibility index (Phi) is 4.92. The monoisotopic (exact) mass is 325 g/mol. The fourth-order valence-corrected chi connectivity index (χ4v) is 3.18. The summed E-state index contributed by atoms with van der Waals surface area (Å²) in [6.07, 6.45) is 2.61. The normalized spacial score (nSPS) is 14.6. The van der Waals surface area contributed by atoms with Gasteiger partial charge < -0.3 is 10.0 Å². The van der Waals surface area contributed by atoms with Gasteiger partial charge in [0.1, 0.15) is 0 Å². The first kappa shape index (κ1) is 16.6. The summed E-state index contributed by atoms with van der Waals surface area (Å²) < 4.78 is 0. The number of hydrogen-bond acceptors (Lipinski definition) is 4. The summed E-state index contributed by atoms with van der Waals surface area (Å²) in [5.41, 5.74) is 3.77. The molecule has 1 aromatic heterocycles. The molecule has 2 aromatic rings. The first-order valence-corrected chi connectivity index (χ1v) is 8.23. The summed E-state index contributed by atoms with van der Waals surface area (Å²) in [6.45, 7) is 3.64. The third-order valence-corrected chi connectivity index (χ3v) is 4.47. The number of carbonyl (C=O) groups is 1. The van der Waals surface area contributed by atoms with Crippen LogP contribution in [0.15, 0.2) is 36.5 Å². The van der Waals surface area contributed by atoms with Crippen LogP contribution in [0.5, 0.6) is 0 Å². The second-order valence-electron chi connectivity index (χ2n) is 6.49. The minimum atomic E-state index is -0.889. The van der Waals surface area contributed by atoms with E-state index in [1.165, 1.54) is 0 Å². The number of aromatic nitrogens is 1. The fraction of sp³-hybridized carbons (Fsp3) is 0.368. The fourth-order valence-electron chi connectivity index (χ4n) is 3.18. The molecule has 1 aromatic carbocycles. The van der Waals surface area contributed by atoms with Crippen molar-refractivity contribution < 1.29 is 9.90 Å². The molecule has 3 rings (SSSR count). The Balaban J connectivity index is 1.94. The average Bonchev–Trinajstić information content (AvgIpc) is 2.59. The summed E-state index contributed by atoms with van der Waals surface area (Å²) in [5.74, 6) is -0.889. The average molecular weight is 325 g/mol. The zero-order valence-electron chi connectivity index (χ0n) is 14.2. The van der Waals surface area contributed by atoms with Crippen molar-refractivity contribution >= 4 is 5.97 Å². The molecular weight excluding hydrogens is 302 g/mol. The highest BCUT2D eigenvalue weighted by atomic mass is 16.4. The second-order valence-corrected chi connectivity index (χ2v) is 6.49. The molecule has 5 heteroatoms. The maximum absolute atomic E-state index is 11.9. The van der Waals surface area contributed by atoms with Crippen molar-refractivity contribution in [3.05, 3.63) is 53.2 Å². The summed E-state index contributed by atoms with van der Waals surface area (Å²) in [5, 5.41) is 9.76. The number of pyridine rings is 1. The second kappa shape index (κ2) is 7.11. The molecule has 24 heavy (non-hydrogen) atoms. The highest BCUT2D eigenvalue weighted by molar-refractivity contribution is 5.96. The van der Waals surface area contributed by atoms with Crippen LogP contribution in [0.25, 0.3) is 11.3 Å². The lowest BCUT2D eigenvalue weighted by molar-refractivity contribution is 0.0695. The molecule has 1 aliphatic rings. The molecule has 0 atom stereocenters. The Morgan fingerprint density at radius 3 is 2.71 bits per heavy atom. The van der Waals surface area contributed by atoms with Crippen LogP contribution in [0.4, 0.5) is 0 Å².